The third-order valence-electron chi connectivity index (χ3n) is 4.44. The summed E-state index contributed by atoms with van der Waals surface area (Å²) in [5.41, 5.74) is 1.46. The summed E-state index contributed by atoms with van der Waals surface area (Å²) in [6.07, 6.45) is 5.18. The standard InChI is InChI=1S/C15H24N2OS.ClH/c1-2-13(15-10-18-8-7-17-15)14(3-1)16-6-4-12-5-9-19-11-12;/h5,9,11,13-17H,1-4,6-8,10H2;1H. The predicted molar refractivity (Wildman–Crippen MR) is 87.0 cm³/mol. The van der Waals surface area contributed by atoms with Crippen molar-refractivity contribution >= 4 is 23.7 Å². The number of halogens is 1. The van der Waals surface area contributed by atoms with E-state index in [-0.39, 0.29) is 12.4 Å². The number of hydrogen-bond acceptors (Lipinski definition) is 4. The highest BCUT2D eigenvalue weighted by Gasteiger charge is 2.34. The topological polar surface area (TPSA) is 33.3 Å². The van der Waals surface area contributed by atoms with Gasteiger partial charge in [-0.15, -0.1) is 12.4 Å². The fourth-order valence-corrected chi connectivity index (χ4v) is 4.12. The van der Waals surface area contributed by atoms with Crippen LogP contribution in [0.25, 0.3) is 0 Å². The highest BCUT2D eigenvalue weighted by molar-refractivity contribution is 7.07. The Labute approximate surface area is 131 Å². The van der Waals surface area contributed by atoms with Crippen LogP contribution in [-0.4, -0.2) is 38.4 Å². The van der Waals surface area contributed by atoms with Gasteiger partial charge in [-0.1, -0.05) is 6.42 Å². The predicted octanol–water partition coefficient (Wildman–Crippen LogP) is 2.46. The van der Waals surface area contributed by atoms with E-state index in [2.05, 4.69) is 27.5 Å². The summed E-state index contributed by atoms with van der Waals surface area (Å²) < 4.78 is 5.62. The van der Waals surface area contributed by atoms with Crippen molar-refractivity contribution in [3.63, 3.8) is 0 Å². The first-order valence-corrected chi connectivity index (χ1v) is 8.43. The summed E-state index contributed by atoms with van der Waals surface area (Å²) in [7, 11) is 0. The minimum absolute atomic E-state index is 0. The molecule has 1 aliphatic heterocycles. The number of rotatable bonds is 5. The molecule has 3 nitrogen and oxygen atoms in total. The van der Waals surface area contributed by atoms with Gasteiger partial charge in [0, 0.05) is 18.6 Å². The molecule has 3 atom stereocenters. The maximum atomic E-state index is 5.62. The lowest BCUT2D eigenvalue weighted by Crippen LogP contribution is -2.51. The zero-order chi connectivity index (χ0) is 12.9. The van der Waals surface area contributed by atoms with Crippen LogP contribution in [0.2, 0.25) is 0 Å². The molecule has 1 aliphatic carbocycles. The number of nitrogens with one attached hydrogen (secondary N) is 2. The molecule has 3 unspecified atom stereocenters. The van der Waals surface area contributed by atoms with Gasteiger partial charge >= 0.3 is 0 Å². The summed E-state index contributed by atoms with van der Waals surface area (Å²) >= 11 is 1.79. The molecule has 2 fully saturated rings. The minimum atomic E-state index is 0. The molecule has 1 aromatic heterocycles. The maximum Gasteiger partial charge on any atom is 0.0623 e. The summed E-state index contributed by atoms with van der Waals surface area (Å²) in [5, 5.41) is 11.8. The zero-order valence-corrected chi connectivity index (χ0v) is 13.5. The number of thiophene rings is 1. The zero-order valence-electron chi connectivity index (χ0n) is 11.8. The molecule has 2 heterocycles. The molecule has 5 heteroatoms. The Morgan fingerprint density at radius 1 is 1.40 bits per heavy atom. The fourth-order valence-electron chi connectivity index (χ4n) is 3.42. The summed E-state index contributed by atoms with van der Waals surface area (Å²) in [6.45, 7) is 3.89. The van der Waals surface area contributed by atoms with Crippen LogP contribution < -0.4 is 10.6 Å². The number of ether oxygens (including phenoxy) is 1. The Bertz CT molecular complexity index is 368. The van der Waals surface area contributed by atoms with Crippen molar-refractivity contribution in [3.05, 3.63) is 22.4 Å². The van der Waals surface area contributed by atoms with Gasteiger partial charge in [0.2, 0.25) is 0 Å². The minimum Gasteiger partial charge on any atom is -0.379 e. The molecule has 1 aromatic rings. The molecule has 0 spiro atoms. The van der Waals surface area contributed by atoms with E-state index in [9.17, 15) is 0 Å². The third kappa shape index (κ3) is 4.18. The quantitative estimate of drug-likeness (QED) is 0.875. The molecule has 1 saturated carbocycles. The molecule has 0 aromatic carbocycles. The summed E-state index contributed by atoms with van der Waals surface area (Å²) in [6, 6.07) is 3.47. The molecule has 1 saturated heterocycles. The van der Waals surface area contributed by atoms with Crippen molar-refractivity contribution in [2.24, 2.45) is 5.92 Å². The first-order chi connectivity index (χ1) is 9.43. The van der Waals surface area contributed by atoms with Crippen molar-refractivity contribution in [1.82, 2.24) is 10.6 Å². The Morgan fingerprint density at radius 2 is 2.35 bits per heavy atom. The van der Waals surface area contributed by atoms with Gasteiger partial charge in [-0.25, -0.2) is 0 Å². The van der Waals surface area contributed by atoms with E-state index in [4.69, 9.17) is 4.74 Å². The van der Waals surface area contributed by atoms with Crippen molar-refractivity contribution < 1.29 is 4.74 Å². The molecule has 2 N–H and O–H groups in total. The third-order valence-corrected chi connectivity index (χ3v) is 5.17. The lowest BCUT2D eigenvalue weighted by molar-refractivity contribution is 0.0526. The molecule has 114 valence electrons. The van der Waals surface area contributed by atoms with E-state index in [1.54, 1.807) is 11.3 Å². The average Bonchev–Trinajstić information content (AvgIpc) is 3.11. The van der Waals surface area contributed by atoms with Gasteiger partial charge in [0.1, 0.15) is 0 Å². The second kappa shape index (κ2) is 8.35. The van der Waals surface area contributed by atoms with Gasteiger partial charge in [-0.2, -0.15) is 11.3 Å². The van der Waals surface area contributed by atoms with Crippen molar-refractivity contribution in [2.45, 2.75) is 37.8 Å². The van der Waals surface area contributed by atoms with E-state index < -0.39 is 0 Å². The largest absolute Gasteiger partial charge is 0.379 e. The second-order valence-electron chi connectivity index (χ2n) is 5.67. The average molecular weight is 317 g/mol. The molecular formula is C15H25ClN2OS. The van der Waals surface area contributed by atoms with Gasteiger partial charge in [-0.3, -0.25) is 0 Å². The van der Waals surface area contributed by atoms with Gasteiger partial charge in [0.25, 0.3) is 0 Å². The first-order valence-electron chi connectivity index (χ1n) is 7.49. The van der Waals surface area contributed by atoms with Crippen LogP contribution >= 0.6 is 23.7 Å². The van der Waals surface area contributed by atoms with E-state index in [1.165, 1.54) is 24.8 Å². The highest BCUT2D eigenvalue weighted by Crippen LogP contribution is 2.29. The van der Waals surface area contributed by atoms with Crippen molar-refractivity contribution in [3.8, 4) is 0 Å². The SMILES string of the molecule is Cl.c1cc(CCNC2CCCC2C2COCCN2)cs1. The number of hydrogen-bond donors (Lipinski definition) is 2. The molecule has 2 aliphatic rings. The van der Waals surface area contributed by atoms with E-state index in [0.717, 1.165) is 38.6 Å². The van der Waals surface area contributed by atoms with Gasteiger partial charge in [-0.05, 0) is 54.1 Å². The molecular weight excluding hydrogens is 292 g/mol. The molecule has 0 radical (unpaired) electrons. The maximum absolute atomic E-state index is 5.62. The summed E-state index contributed by atoms with van der Waals surface area (Å²) in [5.74, 6) is 0.753. The van der Waals surface area contributed by atoms with Crippen LogP contribution in [0.1, 0.15) is 24.8 Å². The molecule has 0 amide bonds. The first kappa shape index (κ1) is 16.2. The van der Waals surface area contributed by atoms with Crippen molar-refractivity contribution in [2.75, 3.05) is 26.3 Å². The monoisotopic (exact) mass is 316 g/mol. The van der Waals surface area contributed by atoms with Crippen LogP contribution in [-0.2, 0) is 11.2 Å². The fraction of sp³-hybridized carbons (Fsp3) is 0.733. The van der Waals surface area contributed by atoms with E-state index in [1.807, 2.05) is 0 Å². The highest BCUT2D eigenvalue weighted by atomic mass is 35.5. The van der Waals surface area contributed by atoms with E-state index in [0.29, 0.717) is 12.1 Å². The Hall–Kier alpha value is -0.130. The lowest BCUT2D eigenvalue weighted by Gasteiger charge is -2.33. The van der Waals surface area contributed by atoms with E-state index >= 15 is 0 Å². The van der Waals surface area contributed by atoms with Crippen LogP contribution in [0.15, 0.2) is 16.8 Å². The normalized spacial score (nSPS) is 30.1. The van der Waals surface area contributed by atoms with Gasteiger partial charge in [0.05, 0.1) is 13.2 Å². The molecule has 0 bridgehead atoms. The van der Waals surface area contributed by atoms with Crippen LogP contribution in [0, 0.1) is 5.92 Å². The Balaban J connectivity index is 0.00000147. The Morgan fingerprint density at radius 3 is 3.10 bits per heavy atom. The molecule has 20 heavy (non-hydrogen) atoms. The van der Waals surface area contributed by atoms with Gasteiger partial charge in [0.15, 0.2) is 0 Å². The van der Waals surface area contributed by atoms with Crippen molar-refractivity contribution in [1.29, 1.82) is 0 Å². The van der Waals surface area contributed by atoms with Crippen LogP contribution in [0.3, 0.4) is 0 Å². The number of morpholine rings is 1. The lowest BCUT2D eigenvalue weighted by atomic mass is 9.94. The van der Waals surface area contributed by atoms with Crippen LogP contribution in [0.4, 0.5) is 0 Å². The van der Waals surface area contributed by atoms with Crippen LogP contribution in [0.5, 0.6) is 0 Å². The smallest absolute Gasteiger partial charge is 0.0623 e. The Kier molecular flexibility index (Phi) is 6.78. The second-order valence-corrected chi connectivity index (χ2v) is 6.45. The molecule has 3 rings (SSSR count). The van der Waals surface area contributed by atoms with Gasteiger partial charge < -0.3 is 15.4 Å². The summed E-state index contributed by atoms with van der Waals surface area (Å²) in [4.78, 5) is 0.